The number of rotatable bonds is 1. The molecule has 0 bridgehead atoms. The van der Waals surface area contributed by atoms with Crippen LogP contribution in [0.15, 0.2) is 24.8 Å². The Morgan fingerprint density at radius 3 is 2.71 bits per heavy atom. The molecule has 0 aromatic heterocycles. The quantitative estimate of drug-likeness (QED) is 0.717. The lowest BCUT2D eigenvalue weighted by molar-refractivity contribution is -0.137. The molecule has 0 spiro atoms. The second-order valence-corrected chi connectivity index (χ2v) is 4.11. The number of ether oxygens (including phenoxy) is 1. The molecule has 0 saturated carbocycles. The van der Waals surface area contributed by atoms with Crippen molar-refractivity contribution in [2.75, 3.05) is 6.61 Å². The van der Waals surface area contributed by atoms with Gasteiger partial charge in [-0.3, -0.25) is 0 Å². The molecule has 4 heteroatoms. The fourth-order valence-corrected chi connectivity index (χ4v) is 2.03. The topological polar surface area (TPSA) is 9.23 Å². The lowest BCUT2D eigenvalue weighted by Crippen LogP contribution is -2.16. The maximum atomic E-state index is 12.6. The van der Waals surface area contributed by atoms with E-state index in [-0.39, 0.29) is 6.10 Å². The van der Waals surface area contributed by atoms with Gasteiger partial charge >= 0.3 is 6.18 Å². The first-order valence-corrected chi connectivity index (χ1v) is 5.44. The Hall–Kier alpha value is -1.29. The van der Waals surface area contributed by atoms with Gasteiger partial charge in [-0.05, 0) is 35.3 Å². The van der Waals surface area contributed by atoms with E-state index in [1.54, 1.807) is 0 Å². The van der Waals surface area contributed by atoms with Crippen LogP contribution in [0.5, 0.6) is 0 Å². The Morgan fingerprint density at radius 2 is 2.12 bits per heavy atom. The van der Waals surface area contributed by atoms with Crippen LogP contribution in [0.2, 0.25) is 0 Å². The van der Waals surface area contributed by atoms with Gasteiger partial charge in [0.25, 0.3) is 0 Å². The van der Waals surface area contributed by atoms with Crippen LogP contribution in [-0.2, 0) is 10.9 Å². The highest BCUT2D eigenvalue weighted by atomic mass is 19.4. The highest BCUT2D eigenvalue weighted by Gasteiger charge is 2.33. The Bertz CT molecular complexity index is 448. The van der Waals surface area contributed by atoms with Gasteiger partial charge < -0.3 is 4.74 Å². The third kappa shape index (κ3) is 2.22. The van der Waals surface area contributed by atoms with E-state index in [9.17, 15) is 13.2 Å². The van der Waals surface area contributed by atoms with Gasteiger partial charge in [0.15, 0.2) is 0 Å². The summed E-state index contributed by atoms with van der Waals surface area (Å²) in [6, 6.07) is 3.77. The highest BCUT2D eigenvalue weighted by Crippen LogP contribution is 2.38. The van der Waals surface area contributed by atoms with Crippen molar-refractivity contribution in [3.05, 3.63) is 41.5 Å². The van der Waals surface area contributed by atoms with Gasteiger partial charge in [-0.2, -0.15) is 13.2 Å². The number of fused-ring (bicyclic) bond motifs is 1. The van der Waals surface area contributed by atoms with Crippen LogP contribution in [-0.4, -0.2) is 6.61 Å². The molecule has 0 fully saturated rings. The summed E-state index contributed by atoms with van der Waals surface area (Å²) in [6.45, 7) is 6.09. The molecule has 0 aliphatic carbocycles. The van der Waals surface area contributed by atoms with Crippen LogP contribution >= 0.6 is 0 Å². The van der Waals surface area contributed by atoms with E-state index >= 15 is 0 Å². The van der Waals surface area contributed by atoms with Crippen molar-refractivity contribution in [2.24, 2.45) is 0 Å². The molecule has 1 aliphatic heterocycles. The average Bonchev–Trinajstić information content (AvgIpc) is 2.28. The predicted molar refractivity (Wildman–Crippen MR) is 59.5 cm³/mol. The zero-order chi connectivity index (χ0) is 12.6. The summed E-state index contributed by atoms with van der Waals surface area (Å²) in [4.78, 5) is 0. The molecule has 1 nitrogen and oxygen atoms in total. The van der Waals surface area contributed by atoms with Gasteiger partial charge in [0, 0.05) is 0 Å². The highest BCUT2D eigenvalue weighted by molar-refractivity contribution is 5.69. The molecular weight excluding hydrogens is 229 g/mol. The number of hydrogen-bond acceptors (Lipinski definition) is 1. The second kappa shape index (κ2) is 4.18. The van der Waals surface area contributed by atoms with E-state index in [0.29, 0.717) is 18.6 Å². The molecule has 1 atom stereocenters. The minimum absolute atomic E-state index is 0.266. The minimum atomic E-state index is -4.31. The lowest BCUT2D eigenvalue weighted by Gasteiger charge is -2.27. The monoisotopic (exact) mass is 242 g/mol. The van der Waals surface area contributed by atoms with E-state index in [1.807, 2.05) is 6.92 Å². The van der Waals surface area contributed by atoms with Crippen LogP contribution < -0.4 is 0 Å². The van der Waals surface area contributed by atoms with Crippen LogP contribution in [0.25, 0.3) is 5.57 Å². The van der Waals surface area contributed by atoms with Gasteiger partial charge in [0.05, 0.1) is 18.3 Å². The van der Waals surface area contributed by atoms with Gasteiger partial charge in [0.1, 0.15) is 0 Å². The number of benzene rings is 1. The predicted octanol–water partition coefficient (Wildman–Crippen LogP) is 4.20. The molecule has 2 rings (SSSR count). The molecule has 0 amide bonds. The maximum Gasteiger partial charge on any atom is 0.416 e. The average molecular weight is 242 g/mol. The fraction of sp³-hybridized carbons (Fsp3) is 0.385. The van der Waals surface area contributed by atoms with Gasteiger partial charge in [-0.1, -0.05) is 19.6 Å². The maximum absolute atomic E-state index is 12.6. The third-order valence-corrected chi connectivity index (χ3v) is 2.94. The molecule has 92 valence electrons. The Labute approximate surface area is 97.9 Å². The van der Waals surface area contributed by atoms with Crippen molar-refractivity contribution < 1.29 is 17.9 Å². The second-order valence-electron chi connectivity index (χ2n) is 4.11. The normalized spacial score (nSPS) is 20.2. The summed E-state index contributed by atoms with van der Waals surface area (Å²) in [5.41, 5.74) is 1.49. The molecule has 1 unspecified atom stereocenters. The van der Waals surface area contributed by atoms with Gasteiger partial charge in [-0.15, -0.1) is 0 Å². The molecule has 17 heavy (non-hydrogen) atoms. The molecular formula is C13H13F3O. The van der Waals surface area contributed by atoms with Crippen molar-refractivity contribution in [3.63, 3.8) is 0 Å². The third-order valence-electron chi connectivity index (χ3n) is 2.94. The van der Waals surface area contributed by atoms with E-state index < -0.39 is 11.7 Å². The Balaban J connectivity index is 2.51. The fourth-order valence-electron chi connectivity index (χ4n) is 2.03. The summed E-state index contributed by atoms with van der Waals surface area (Å²) in [5.74, 6) is 0. The first kappa shape index (κ1) is 12.2. The van der Waals surface area contributed by atoms with Crippen molar-refractivity contribution in [1.82, 2.24) is 0 Å². The van der Waals surface area contributed by atoms with Crippen LogP contribution in [0, 0.1) is 0 Å². The summed E-state index contributed by atoms with van der Waals surface area (Å²) in [6.07, 6.45) is -3.92. The smallest absolute Gasteiger partial charge is 0.369 e. The summed E-state index contributed by atoms with van der Waals surface area (Å²) in [5, 5.41) is 0. The standard InChI is InChI=1S/C13H13F3O/c1-3-12-11-6-9(13(14,15)16)4-5-10(11)8(2)7-17-12/h4-6,12H,2-3,7H2,1H3. The van der Waals surface area contributed by atoms with E-state index in [4.69, 9.17) is 4.74 Å². The van der Waals surface area contributed by atoms with Crippen molar-refractivity contribution in [1.29, 1.82) is 0 Å². The molecule has 1 aliphatic rings. The van der Waals surface area contributed by atoms with Gasteiger partial charge in [0.2, 0.25) is 0 Å². The molecule has 0 radical (unpaired) electrons. The van der Waals surface area contributed by atoms with Crippen LogP contribution in [0.3, 0.4) is 0 Å². The van der Waals surface area contributed by atoms with Crippen molar-refractivity contribution in [2.45, 2.75) is 25.6 Å². The summed E-state index contributed by atoms with van der Waals surface area (Å²) >= 11 is 0. The first-order chi connectivity index (χ1) is 7.93. The number of hydrogen-bond donors (Lipinski definition) is 0. The minimum Gasteiger partial charge on any atom is -0.369 e. The molecule has 1 aromatic carbocycles. The molecule has 0 N–H and O–H groups in total. The number of alkyl halides is 3. The largest absolute Gasteiger partial charge is 0.416 e. The lowest BCUT2D eigenvalue weighted by atomic mass is 9.91. The van der Waals surface area contributed by atoms with Gasteiger partial charge in [-0.25, -0.2) is 0 Å². The Kier molecular flexibility index (Phi) is 3.00. The summed E-state index contributed by atoms with van der Waals surface area (Å²) in [7, 11) is 0. The zero-order valence-electron chi connectivity index (χ0n) is 9.47. The van der Waals surface area contributed by atoms with Crippen molar-refractivity contribution in [3.8, 4) is 0 Å². The van der Waals surface area contributed by atoms with E-state index in [0.717, 1.165) is 17.2 Å². The SMILES string of the molecule is C=C1COC(CC)c2cc(C(F)(F)F)ccc21. The van der Waals surface area contributed by atoms with Crippen LogP contribution in [0.4, 0.5) is 13.2 Å². The number of halogens is 3. The molecule has 1 aromatic rings. The first-order valence-electron chi connectivity index (χ1n) is 5.44. The van der Waals surface area contributed by atoms with Crippen molar-refractivity contribution >= 4 is 5.57 Å². The zero-order valence-corrected chi connectivity index (χ0v) is 9.47. The van der Waals surface area contributed by atoms with Crippen LogP contribution in [0.1, 0.15) is 36.1 Å². The Morgan fingerprint density at radius 1 is 1.41 bits per heavy atom. The van der Waals surface area contributed by atoms with E-state index in [1.165, 1.54) is 12.1 Å². The summed E-state index contributed by atoms with van der Waals surface area (Å²) < 4.78 is 43.3. The molecule has 0 saturated heterocycles. The molecule has 1 heterocycles. The van der Waals surface area contributed by atoms with E-state index in [2.05, 4.69) is 6.58 Å².